The lowest BCUT2D eigenvalue weighted by molar-refractivity contribution is -0.117. The van der Waals surface area contributed by atoms with Crippen LogP contribution in [0.3, 0.4) is 0 Å². The number of aryl methyl sites for hydroxylation is 1. The number of hydrogen-bond acceptors (Lipinski definition) is 4. The minimum Gasteiger partial charge on any atom is -0.503 e. The van der Waals surface area contributed by atoms with Crippen molar-refractivity contribution in [2.75, 3.05) is 4.90 Å². The first-order chi connectivity index (χ1) is 15.1. The van der Waals surface area contributed by atoms with E-state index in [9.17, 15) is 14.7 Å². The summed E-state index contributed by atoms with van der Waals surface area (Å²) in [6.45, 7) is 8.19. The van der Waals surface area contributed by atoms with Crippen LogP contribution in [0.25, 0.3) is 0 Å². The van der Waals surface area contributed by atoms with Gasteiger partial charge in [-0.2, -0.15) is 0 Å². The molecule has 1 aromatic heterocycles. The minimum absolute atomic E-state index is 0.0230. The number of carbonyl (C=O) groups is 2. The third-order valence-electron chi connectivity index (χ3n) is 5.72. The molecule has 5 nitrogen and oxygen atoms in total. The van der Waals surface area contributed by atoms with Gasteiger partial charge < -0.3 is 9.52 Å². The predicted molar refractivity (Wildman–Crippen MR) is 124 cm³/mol. The summed E-state index contributed by atoms with van der Waals surface area (Å²) in [6, 6.07) is 15.2. The van der Waals surface area contributed by atoms with Gasteiger partial charge in [-0.3, -0.25) is 14.5 Å². The second-order valence-electron chi connectivity index (χ2n) is 8.95. The summed E-state index contributed by atoms with van der Waals surface area (Å²) >= 11 is 6.33. The molecule has 0 saturated heterocycles. The summed E-state index contributed by atoms with van der Waals surface area (Å²) in [5.41, 5.74) is 3.08. The first-order valence-electron chi connectivity index (χ1n) is 10.3. The maximum atomic E-state index is 13.3. The molecular formula is C26H24ClNO4. The zero-order chi connectivity index (χ0) is 23.2. The van der Waals surface area contributed by atoms with E-state index in [1.165, 1.54) is 17.2 Å². The summed E-state index contributed by atoms with van der Waals surface area (Å²) in [7, 11) is 0. The van der Waals surface area contributed by atoms with Crippen molar-refractivity contribution in [3.05, 3.63) is 99.7 Å². The molecule has 4 rings (SSSR count). The number of furan rings is 1. The van der Waals surface area contributed by atoms with Crippen molar-refractivity contribution in [1.82, 2.24) is 0 Å². The molecule has 1 aliphatic rings. The van der Waals surface area contributed by atoms with Crippen molar-refractivity contribution in [2.45, 2.75) is 39.2 Å². The molecule has 0 saturated carbocycles. The number of aliphatic hydroxyl groups excluding tert-OH is 1. The number of amides is 1. The van der Waals surface area contributed by atoms with Crippen LogP contribution in [-0.4, -0.2) is 16.8 Å². The number of hydrogen-bond donors (Lipinski definition) is 1. The van der Waals surface area contributed by atoms with Gasteiger partial charge in [0.2, 0.25) is 5.78 Å². The largest absolute Gasteiger partial charge is 0.503 e. The Morgan fingerprint density at radius 2 is 1.78 bits per heavy atom. The molecule has 0 fully saturated rings. The second kappa shape index (κ2) is 7.99. The Labute approximate surface area is 191 Å². The van der Waals surface area contributed by atoms with Crippen LogP contribution in [0.1, 0.15) is 54.1 Å². The molecule has 0 spiro atoms. The van der Waals surface area contributed by atoms with Gasteiger partial charge in [-0.25, -0.2) is 0 Å². The first-order valence-corrected chi connectivity index (χ1v) is 10.7. The molecular weight excluding hydrogens is 426 g/mol. The van der Waals surface area contributed by atoms with Crippen LogP contribution < -0.4 is 4.90 Å². The number of anilines is 1. The monoisotopic (exact) mass is 449 g/mol. The van der Waals surface area contributed by atoms with Gasteiger partial charge >= 0.3 is 0 Å². The number of nitrogens with zero attached hydrogens (tertiary/aromatic N) is 1. The van der Waals surface area contributed by atoms with Crippen LogP contribution >= 0.6 is 11.6 Å². The lowest BCUT2D eigenvalue weighted by Gasteiger charge is -2.28. The van der Waals surface area contributed by atoms with Crippen LogP contribution in [0.5, 0.6) is 0 Å². The molecule has 3 aromatic rings. The zero-order valence-electron chi connectivity index (χ0n) is 18.3. The summed E-state index contributed by atoms with van der Waals surface area (Å²) in [5, 5.41) is 11.3. The quantitative estimate of drug-likeness (QED) is 0.473. The molecule has 1 aliphatic heterocycles. The van der Waals surface area contributed by atoms with E-state index in [-0.39, 0.29) is 16.7 Å². The molecule has 0 bridgehead atoms. The molecule has 0 radical (unpaired) electrons. The van der Waals surface area contributed by atoms with Crippen LogP contribution in [0, 0.1) is 6.92 Å². The number of halogens is 1. The van der Waals surface area contributed by atoms with Gasteiger partial charge in [0.15, 0.2) is 11.5 Å². The molecule has 32 heavy (non-hydrogen) atoms. The van der Waals surface area contributed by atoms with Crippen LogP contribution in [0.15, 0.2) is 76.6 Å². The molecule has 2 heterocycles. The Morgan fingerprint density at radius 1 is 1.09 bits per heavy atom. The Morgan fingerprint density at radius 3 is 2.34 bits per heavy atom. The van der Waals surface area contributed by atoms with Gasteiger partial charge in [-0.1, -0.05) is 62.7 Å². The fraction of sp³-hybridized carbons (Fsp3) is 0.231. The van der Waals surface area contributed by atoms with Gasteiger partial charge in [-0.15, -0.1) is 0 Å². The fourth-order valence-electron chi connectivity index (χ4n) is 3.86. The van der Waals surface area contributed by atoms with Crippen molar-refractivity contribution in [1.29, 1.82) is 0 Å². The molecule has 1 amide bonds. The van der Waals surface area contributed by atoms with Gasteiger partial charge in [-0.05, 0) is 53.3 Å². The molecule has 1 atom stereocenters. The Balaban J connectivity index is 1.87. The summed E-state index contributed by atoms with van der Waals surface area (Å²) in [6.07, 6.45) is 1.38. The molecule has 2 aromatic carbocycles. The van der Waals surface area contributed by atoms with Crippen LogP contribution in [-0.2, 0) is 10.2 Å². The zero-order valence-corrected chi connectivity index (χ0v) is 19.1. The summed E-state index contributed by atoms with van der Waals surface area (Å²) < 4.78 is 5.27. The van der Waals surface area contributed by atoms with E-state index in [4.69, 9.17) is 16.0 Å². The molecule has 1 N–H and O–H groups in total. The topological polar surface area (TPSA) is 70.8 Å². The van der Waals surface area contributed by atoms with E-state index in [0.717, 1.165) is 11.1 Å². The number of Topliss-reactive ketones (excluding diaryl/α,β-unsaturated/α-hetero) is 1. The van der Waals surface area contributed by atoms with Crippen molar-refractivity contribution >= 4 is 29.0 Å². The molecule has 1 unspecified atom stereocenters. The highest BCUT2D eigenvalue weighted by Gasteiger charge is 2.45. The van der Waals surface area contributed by atoms with Crippen molar-refractivity contribution in [3.8, 4) is 0 Å². The van der Waals surface area contributed by atoms with Gasteiger partial charge in [0, 0.05) is 10.7 Å². The number of rotatable bonds is 4. The highest BCUT2D eigenvalue weighted by atomic mass is 35.5. The molecule has 164 valence electrons. The average molecular weight is 450 g/mol. The highest BCUT2D eigenvalue weighted by molar-refractivity contribution is 6.31. The van der Waals surface area contributed by atoms with Gasteiger partial charge in [0.05, 0.1) is 17.9 Å². The lowest BCUT2D eigenvalue weighted by atomic mass is 9.85. The average Bonchev–Trinajstić information content (AvgIpc) is 3.37. The summed E-state index contributed by atoms with van der Waals surface area (Å²) in [4.78, 5) is 27.8. The molecule has 6 heteroatoms. The minimum atomic E-state index is -0.826. The Kier molecular flexibility index (Phi) is 5.47. The van der Waals surface area contributed by atoms with E-state index in [2.05, 4.69) is 20.8 Å². The van der Waals surface area contributed by atoms with Gasteiger partial charge in [0.1, 0.15) is 0 Å². The molecule has 0 aliphatic carbocycles. The highest BCUT2D eigenvalue weighted by Crippen LogP contribution is 2.43. The first kappa shape index (κ1) is 21.9. The van der Waals surface area contributed by atoms with Crippen LogP contribution in [0.4, 0.5) is 5.69 Å². The maximum Gasteiger partial charge on any atom is 0.294 e. The SMILES string of the molecule is Cc1ccc(N2C(=O)C(O)=C(C(=O)c3ccco3)C2c2ccc(C(C)(C)C)cc2)cc1Cl. The van der Waals surface area contributed by atoms with E-state index in [1.807, 2.05) is 31.2 Å². The lowest BCUT2D eigenvalue weighted by Crippen LogP contribution is -2.31. The number of carbonyl (C=O) groups excluding carboxylic acids is 2. The maximum absolute atomic E-state index is 13.3. The van der Waals surface area contributed by atoms with Crippen molar-refractivity contribution in [3.63, 3.8) is 0 Å². The Bertz CT molecular complexity index is 1220. The third kappa shape index (κ3) is 3.73. The number of ketones is 1. The standard InChI is InChI=1S/C26H24ClNO4/c1-15-7-12-18(14-19(15)27)28-22(16-8-10-17(11-9-16)26(2,3)4)21(24(30)25(28)31)23(29)20-6-5-13-32-20/h5-14,22,30H,1-4H3. The predicted octanol–water partition coefficient (Wildman–Crippen LogP) is 6.32. The van der Waals surface area contributed by atoms with Crippen LogP contribution in [0.2, 0.25) is 5.02 Å². The number of aliphatic hydroxyl groups is 1. The second-order valence-corrected chi connectivity index (χ2v) is 9.36. The summed E-state index contributed by atoms with van der Waals surface area (Å²) in [5.74, 6) is -1.73. The van der Waals surface area contributed by atoms with E-state index in [1.54, 1.807) is 24.3 Å². The Hall–Kier alpha value is -3.31. The smallest absolute Gasteiger partial charge is 0.294 e. The fourth-order valence-corrected chi connectivity index (χ4v) is 4.03. The normalized spacial score (nSPS) is 16.7. The third-order valence-corrected chi connectivity index (χ3v) is 6.13. The van der Waals surface area contributed by atoms with Gasteiger partial charge in [0.25, 0.3) is 5.91 Å². The van der Waals surface area contributed by atoms with E-state index in [0.29, 0.717) is 16.3 Å². The van der Waals surface area contributed by atoms with Crippen molar-refractivity contribution in [2.24, 2.45) is 0 Å². The number of benzene rings is 2. The van der Waals surface area contributed by atoms with E-state index >= 15 is 0 Å². The van der Waals surface area contributed by atoms with E-state index < -0.39 is 23.5 Å². The van der Waals surface area contributed by atoms with Crippen molar-refractivity contribution < 1.29 is 19.1 Å².